The first-order valence-corrected chi connectivity index (χ1v) is 11.2. The highest BCUT2D eigenvalue weighted by molar-refractivity contribution is 7.93. The van der Waals surface area contributed by atoms with Crippen molar-refractivity contribution in [3.63, 3.8) is 0 Å². The summed E-state index contributed by atoms with van der Waals surface area (Å²) in [6.45, 7) is 1.53. The van der Waals surface area contributed by atoms with Crippen molar-refractivity contribution >= 4 is 45.4 Å². The predicted octanol–water partition coefficient (Wildman–Crippen LogP) is 1.87. The third kappa shape index (κ3) is 5.15. The van der Waals surface area contributed by atoms with Crippen molar-refractivity contribution in [2.45, 2.75) is 11.9 Å². The van der Waals surface area contributed by atoms with Crippen LogP contribution in [-0.2, 0) is 14.8 Å². The number of H-pyrrole nitrogens is 1. The van der Waals surface area contributed by atoms with Gasteiger partial charge in [0, 0.05) is 0 Å². The lowest BCUT2D eigenvalue weighted by atomic mass is 10.4. The molecule has 0 bridgehead atoms. The first-order chi connectivity index (χ1) is 16.2. The maximum absolute atomic E-state index is 13.5. The molecule has 0 spiro atoms. The standard InChI is InChI=1S/C18H18ClN7O7S/c1-4-33-16(27)10-9-20-25-15(10)34(29,30)26(12-7-5-6-11(19)21-12)18(28)24-17-22-13(31-2)8-14(23-17)32-3/h5-9H,4H2,1-3H3,(H,20,25)(H,22,23,24,28). The average molecular weight is 512 g/mol. The summed E-state index contributed by atoms with van der Waals surface area (Å²) in [6, 6.07) is 4.07. The fourth-order valence-corrected chi connectivity index (χ4v) is 4.11. The van der Waals surface area contributed by atoms with Crippen LogP contribution in [0.2, 0.25) is 5.15 Å². The number of carbonyl (C=O) groups excluding carboxylic acids is 2. The minimum Gasteiger partial charge on any atom is -0.481 e. The number of methoxy groups -OCH3 is 2. The van der Waals surface area contributed by atoms with Crippen molar-refractivity contribution in [3.8, 4) is 11.8 Å². The molecule has 34 heavy (non-hydrogen) atoms. The molecule has 16 heteroatoms. The molecule has 3 aromatic rings. The van der Waals surface area contributed by atoms with E-state index in [0.717, 1.165) is 6.20 Å². The molecule has 3 heterocycles. The fraction of sp³-hybridized carbons (Fsp3) is 0.222. The molecule has 2 N–H and O–H groups in total. The van der Waals surface area contributed by atoms with E-state index < -0.39 is 32.6 Å². The van der Waals surface area contributed by atoms with E-state index in [1.165, 1.54) is 38.5 Å². The van der Waals surface area contributed by atoms with Gasteiger partial charge in [-0.1, -0.05) is 17.7 Å². The fourth-order valence-electron chi connectivity index (χ4n) is 2.58. The van der Waals surface area contributed by atoms with E-state index in [1.807, 2.05) is 0 Å². The zero-order valence-corrected chi connectivity index (χ0v) is 19.5. The number of halogens is 1. The van der Waals surface area contributed by atoms with Gasteiger partial charge >= 0.3 is 12.0 Å². The van der Waals surface area contributed by atoms with E-state index in [2.05, 4.69) is 30.5 Å². The van der Waals surface area contributed by atoms with Crippen LogP contribution >= 0.6 is 11.6 Å². The Hall–Kier alpha value is -3.98. The summed E-state index contributed by atoms with van der Waals surface area (Å²) in [4.78, 5) is 37.2. The van der Waals surface area contributed by atoms with E-state index in [1.54, 1.807) is 6.92 Å². The van der Waals surface area contributed by atoms with Crippen LogP contribution in [0.3, 0.4) is 0 Å². The molecule has 0 aliphatic carbocycles. The van der Waals surface area contributed by atoms with Gasteiger partial charge < -0.3 is 14.2 Å². The molecule has 0 unspecified atom stereocenters. The molecule has 3 rings (SSSR count). The van der Waals surface area contributed by atoms with Gasteiger partial charge in [0.15, 0.2) is 10.8 Å². The van der Waals surface area contributed by atoms with Gasteiger partial charge in [0.1, 0.15) is 10.7 Å². The van der Waals surface area contributed by atoms with Crippen LogP contribution in [0.1, 0.15) is 17.3 Å². The highest BCUT2D eigenvalue weighted by atomic mass is 35.5. The molecule has 0 atom stereocenters. The van der Waals surface area contributed by atoms with Crippen LogP contribution in [0.25, 0.3) is 0 Å². The van der Waals surface area contributed by atoms with Gasteiger partial charge in [-0.2, -0.15) is 27.8 Å². The van der Waals surface area contributed by atoms with Crippen LogP contribution < -0.4 is 19.1 Å². The Morgan fingerprint density at radius 3 is 2.41 bits per heavy atom. The van der Waals surface area contributed by atoms with Crippen molar-refractivity contribution in [2.75, 3.05) is 30.4 Å². The Bertz CT molecular complexity index is 1290. The smallest absolute Gasteiger partial charge is 0.344 e. The van der Waals surface area contributed by atoms with Gasteiger partial charge in [-0.05, 0) is 19.1 Å². The molecule has 180 valence electrons. The number of esters is 1. The monoisotopic (exact) mass is 511 g/mol. The number of urea groups is 1. The predicted molar refractivity (Wildman–Crippen MR) is 118 cm³/mol. The van der Waals surface area contributed by atoms with Crippen molar-refractivity contribution in [1.82, 2.24) is 25.1 Å². The Morgan fingerprint density at radius 2 is 1.82 bits per heavy atom. The summed E-state index contributed by atoms with van der Waals surface area (Å²) in [5.41, 5.74) is -0.416. The zero-order chi connectivity index (χ0) is 24.9. The number of amides is 2. The van der Waals surface area contributed by atoms with Crippen molar-refractivity contribution in [3.05, 3.63) is 41.2 Å². The van der Waals surface area contributed by atoms with Crippen LogP contribution in [0.4, 0.5) is 16.6 Å². The maximum atomic E-state index is 13.5. The normalized spacial score (nSPS) is 10.9. The van der Waals surface area contributed by atoms with Crippen molar-refractivity contribution in [1.29, 1.82) is 0 Å². The summed E-state index contributed by atoms with van der Waals surface area (Å²) < 4.78 is 42.2. The third-order valence-electron chi connectivity index (χ3n) is 4.01. The molecule has 0 radical (unpaired) electrons. The summed E-state index contributed by atoms with van der Waals surface area (Å²) >= 11 is 5.91. The molecule has 0 aliphatic rings. The van der Waals surface area contributed by atoms with E-state index in [9.17, 15) is 18.0 Å². The van der Waals surface area contributed by atoms with Crippen molar-refractivity contribution < 1.29 is 32.2 Å². The second kappa shape index (κ2) is 10.3. The lowest BCUT2D eigenvalue weighted by Crippen LogP contribution is -2.41. The van der Waals surface area contributed by atoms with Crippen LogP contribution in [0, 0.1) is 0 Å². The number of ether oxygens (including phenoxy) is 3. The van der Waals surface area contributed by atoms with Crippen LogP contribution in [0.5, 0.6) is 11.8 Å². The molecule has 14 nitrogen and oxygen atoms in total. The molecule has 0 fully saturated rings. The zero-order valence-electron chi connectivity index (χ0n) is 18.0. The lowest BCUT2D eigenvalue weighted by Gasteiger charge is -2.21. The molecule has 2 amide bonds. The maximum Gasteiger partial charge on any atom is 0.344 e. The minimum atomic E-state index is -4.81. The van der Waals surface area contributed by atoms with Gasteiger partial charge in [0.05, 0.1) is 33.1 Å². The van der Waals surface area contributed by atoms with Crippen molar-refractivity contribution in [2.24, 2.45) is 0 Å². The minimum absolute atomic E-state index is 0.0153. The number of hydrogen-bond acceptors (Lipinski definition) is 11. The highest BCUT2D eigenvalue weighted by Gasteiger charge is 2.37. The number of rotatable bonds is 8. The summed E-state index contributed by atoms with van der Waals surface area (Å²) in [7, 11) is -2.15. The number of nitrogens with zero attached hydrogens (tertiary/aromatic N) is 5. The van der Waals surface area contributed by atoms with Gasteiger partial charge in [-0.25, -0.2) is 14.6 Å². The molecule has 0 saturated heterocycles. The number of carbonyl (C=O) groups is 2. The number of sulfonamides is 1. The van der Waals surface area contributed by atoms with Gasteiger partial charge in [0.25, 0.3) is 10.0 Å². The Labute approximate surface area is 198 Å². The SMILES string of the molecule is CCOC(=O)c1cn[nH]c1S(=O)(=O)N(C(=O)Nc1nc(OC)cc(OC)n1)c1cccc(Cl)n1. The number of hydrogen-bond donors (Lipinski definition) is 2. The van der Waals surface area contributed by atoms with Gasteiger partial charge in [-0.3, -0.25) is 10.4 Å². The van der Waals surface area contributed by atoms with E-state index in [0.29, 0.717) is 0 Å². The Balaban J connectivity index is 2.10. The molecule has 0 saturated carbocycles. The van der Waals surface area contributed by atoms with Gasteiger partial charge in [-0.15, -0.1) is 0 Å². The van der Waals surface area contributed by atoms with E-state index in [4.69, 9.17) is 25.8 Å². The number of anilines is 2. The van der Waals surface area contributed by atoms with E-state index in [-0.39, 0.29) is 39.6 Å². The first kappa shape index (κ1) is 24.7. The first-order valence-electron chi connectivity index (χ1n) is 9.37. The summed E-state index contributed by atoms with van der Waals surface area (Å²) in [5, 5.41) is 7.26. The number of aromatic amines is 1. The molecular weight excluding hydrogens is 494 g/mol. The lowest BCUT2D eigenvalue weighted by molar-refractivity contribution is 0.0521. The molecule has 3 aromatic heterocycles. The molecule has 0 aliphatic heterocycles. The molecule has 0 aromatic carbocycles. The highest BCUT2D eigenvalue weighted by Crippen LogP contribution is 2.26. The second-order valence-corrected chi connectivity index (χ2v) is 8.24. The van der Waals surface area contributed by atoms with Crippen LogP contribution in [0.15, 0.2) is 35.5 Å². The van der Waals surface area contributed by atoms with Crippen LogP contribution in [-0.4, -0.2) is 66.4 Å². The number of nitrogens with one attached hydrogen (secondary N) is 2. The summed E-state index contributed by atoms with van der Waals surface area (Å²) in [5.74, 6) is -1.61. The third-order valence-corrected chi connectivity index (χ3v) is 5.88. The average Bonchev–Trinajstić information content (AvgIpc) is 3.30. The molecular formula is C18H18ClN7O7S. The number of pyridine rings is 1. The Morgan fingerprint density at radius 1 is 1.15 bits per heavy atom. The quantitative estimate of drug-likeness (QED) is 0.333. The summed E-state index contributed by atoms with van der Waals surface area (Å²) in [6.07, 6.45) is 0.961. The number of aromatic nitrogens is 5. The van der Waals surface area contributed by atoms with E-state index >= 15 is 0 Å². The second-order valence-electron chi connectivity index (χ2n) is 6.13. The largest absolute Gasteiger partial charge is 0.481 e. The topological polar surface area (TPSA) is 179 Å². The van der Waals surface area contributed by atoms with Gasteiger partial charge in [0.2, 0.25) is 17.7 Å². The Kier molecular flexibility index (Phi) is 7.47.